The molecule has 1 heterocycles. The Bertz CT molecular complexity index is 772. The first kappa shape index (κ1) is 17.9. The van der Waals surface area contributed by atoms with Crippen LogP contribution in [0.1, 0.15) is 42.6 Å². The molecule has 3 N–H and O–H groups in total. The molecule has 8 heteroatoms. The van der Waals surface area contributed by atoms with Crippen molar-refractivity contribution in [1.82, 2.24) is 15.5 Å². The van der Waals surface area contributed by atoms with Gasteiger partial charge in [-0.05, 0) is 37.5 Å². The van der Waals surface area contributed by atoms with Crippen LogP contribution in [0.5, 0.6) is 0 Å². The Morgan fingerprint density at radius 3 is 2.35 bits per heavy atom. The number of benzene rings is 1. The predicted octanol–water partition coefficient (Wildman–Crippen LogP) is 1.07. The summed E-state index contributed by atoms with van der Waals surface area (Å²) in [5.41, 5.74) is -0.187. The summed E-state index contributed by atoms with van der Waals surface area (Å²) < 4.78 is 0. The second-order valence-corrected chi connectivity index (χ2v) is 7.04. The number of rotatable bonds is 6. The molecule has 4 amide bonds. The number of amides is 4. The molecule has 3 rings (SSSR count). The summed E-state index contributed by atoms with van der Waals surface area (Å²) in [6.07, 6.45) is 1.75. The lowest BCUT2D eigenvalue weighted by Gasteiger charge is -2.25. The van der Waals surface area contributed by atoms with Gasteiger partial charge in [-0.3, -0.25) is 19.7 Å². The molecule has 2 fully saturated rings. The lowest BCUT2D eigenvalue weighted by atomic mass is 9.91. The number of urea groups is 1. The quantitative estimate of drug-likeness (QED) is 0.657. The highest BCUT2D eigenvalue weighted by atomic mass is 16.4. The van der Waals surface area contributed by atoms with Gasteiger partial charge in [0.05, 0.1) is 5.92 Å². The predicted molar refractivity (Wildman–Crippen MR) is 91.3 cm³/mol. The average molecular weight is 359 g/mol. The van der Waals surface area contributed by atoms with Gasteiger partial charge in [0.2, 0.25) is 0 Å². The van der Waals surface area contributed by atoms with Gasteiger partial charge in [0, 0.05) is 18.2 Å². The van der Waals surface area contributed by atoms with Gasteiger partial charge in [-0.2, -0.15) is 0 Å². The second kappa shape index (κ2) is 6.44. The fourth-order valence-electron chi connectivity index (χ4n) is 3.02. The summed E-state index contributed by atoms with van der Waals surface area (Å²) in [4.78, 5) is 48.9. The number of carboxylic acids is 1. The van der Waals surface area contributed by atoms with Gasteiger partial charge in [-0.15, -0.1) is 0 Å². The molecule has 1 aromatic carbocycles. The molecular weight excluding hydrogens is 338 g/mol. The molecule has 0 aromatic heterocycles. The Balaban J connectivity index is 1.79. The molecule has 0 radical (unpaired) electrons. The van der Waals surface area contributed by atoms with E-state index in [1.165, 1.54) is 0 Å². The first-order valence-electron chi connectivity index (χ1n) is 8.50. The molecule has 2 atom stereocenters. The van der Waals surface area contributed by atoms with Crippen LogP contribution in [0, 0.1) is 5.92 Å². The van der Waals surface area contributed by atoms with Crippen molar-refractivity contribution in [3.63, 3.8) is 0 Å². The molecule has 1 aromatic rings. The Hall–Kier alpha value is -2.90. The molecule has 1 aliphatic heterocycles. The zero-order chi connectivity index (χ0) is 19.1. The third-order valence-electron chi connectivity index (χ3n) is 4.89. The smallest absolute Gasteiger partial charge is 0.322 e. The van der Waals surface area contributed by atoms with E-state index in [0.717, 1.165) is 12.8 Å². The summed E-state index contributed by atoms with van der Waals surface area (Å²) in [5.74, 6) is -2.25. The van der Waals surface area contributed by atoms with Crippen LogP contribution in [0.2, 0.25) is 0 Å². The number of imide groups is 1. The van der Waals surface area contributed by atoms with Gasteiger partial charge in [0.15, 0.2) is 0 Å². The van der Waals surface area contributed by atoms with Crippen LogP contribution in [0.3, 0.4) is 0 Å². The average Bonchev–Trinajstić information content (AvgIpc) is 3.39. The third-order valence-corrected chi connectivity index (χ3v) is 4.89. The zero-order valence-corrected chi connectivity index (χ0v) is 14.6. The van der Waals surface area contributed by atoms with Gasteiger partial charge in [0.1, 0.15) is 5.54 Å². The number of hydrogen-bond donors (Lipinski definition) is 3. The largest absolute Gasteiger partial charge is 0.481 e. The Kier molecular flexibility index (Phi) is 4.43. The maximum absolute atomic E-state index is 12.8. The molecular formula is C18H21N3O5. The van der Waals surface area contributed by atoms with Crippen LogP contribution in [0.15, 0.2) is 24.3 Å². The van der Waals surface area contributed by atoms with Crippen molar-refractivity contribution in [2.45, 2.75) is 38.3 Å². The van der Waals surface area contributed by atoms with Crippen LogP contribution in [0.25, 0.3) is 0 Å². The van der Waals surface area contributed by atoms with Crippen molar-refractivity contribution < 1.29 is 24.3 Å². The van der Waals surface area contributed by atoms with Crippen molar-refractivity contribution in [1.29, 1.82) is 0 Å². The minimum atomic E-state index is -1.17. The Morgan fingerprint density at radius 2 is 1.88 bits per heavy atom. The molecule has 2 unspecified atom stereocenters. The standard InChI is InChI=1S/C18H21N3O5/c1-10(15(23)24)9-21(13-7-8-13)14(22)11-3-5-12(6-4-11)18(2)16(25)19-17(26)20-18/h3-6,10,13H,7-9H2,1-2H3,(H,23,24)(H2,19,20,25,26). The second-order valence-electron chi connectivity index (χ2n) is 7.04. The highest BCUT2D eigenvalue weighted by molar-refractivity contribution is 6.07. The van der Waals surface area contributed by atoms with Crippen molar-refractivity contribution >= 4 is 23.8 Å². The minimum absolute atomic E-state index is 0.0846. The maximum atomic E-state index is 12.8. The number of nitrogens with zero attached hydrogens (tertiary/aromatic N) is 1. The van der Waals surface area contributed by atoms with Crippen LogP contribution in [0.4, 0.5) is 4.79 Å². The summed E-state index contributed by atoms with van der Waals surface area (Å²) >= 11 is 0. The number of carbonyl (C=O) groups is 4. The molecule has 26 heavy (non-hydrogen) atoms. The third kappa shape index (κ3) is 3.26. The number of carbonyl (C=O) groups excluding carboxylic acids is 3. The van der Waals surface area contributed by atoms with E-state index < -0.39 is 29.4 Å². The zero-order valence-electron chi connectivity index (χ0n) is 14.6. The van der Waals surface area contributed by atoms with Crippen LogP contribution >= 0.6 is 0 Å². The Morgan fingerprint density at radius 1 is 1.27 bits per heavy atom. The van der Waals surface area contributed by atoms with E-state index in [1.807, 2.05) is 0 Å². The van der Waals surface area contributed by atoms with Gasteiger partial charge < -0.3 is 15.3 Å². The van der Waals surface area contributed by atoms with Crippen LogP contribution in [-0.4, -0.2) is 46.4 Å². The summed E-state index contributed by atoms with van der Waals surface area (Å²) in [7, 11) is 0. The molecule has 138 valence electrons. The van der Waals surface area contributed by atoms with Gasteiger partial charge in [-0.25, -0.2) is 4.79 Å². The number of nitrogens with one attached hydrogen (secondary N) is 2. The fraction of sp³-hybridized carbons (Fsp3) is 0.444. The van der Waals surface area contributed by atoms with Gasteiger partial charge in [-0.1, -0.05) is 19.1 Å². The maximum Gasteiger partial charge on any atom is 0.322 e. The number of aliphatic carboxylic acids is 1. The van der Waals surface area contributed by atoms with E-state index >= 15 is 0 Å². The van der Waals surface area contributed by atoms with E-state index in [1.54, 1.807) is 43.0 Å². The Labute approximate surface area is 150 Å². The van der Waals surface area contributed by atoms with E-state index in [9.17, 15) is 19.2 Å². The minimum Gasteiger partial charge on any atom is -0.481 e. The molecule has 0 bridgehead atoms. The highest BCUT2D eigenvalue weighted by Crippen LogP contribution is 2.30. The molecule has 1 saturated carbocycles. The van der Waals surface area contributed by atoms with Crippen molar-refractivity contribution in [2.24, 2.45) is 5.92 Å². The van der Waals surface area contributed by atoms with Crippen molar-refractivity contribution in [3.8, 4) is 0 Å². The molecule has 8 nitrogen and oxygen atoms in total. The highest BCUT2D eigenvalue weighted by Gasteiger charge is 2.43. The normalized spacial score (nSPS) is 23.2. The van der Waals surface area contributed by atoms with Gasteiger partial charge in [0.25, 0.3) is 11.8 Å². The lowest BCUT2D eigenvalue weighted by molar-refractivity contribution is -0.141. The van der Waals surface area contributed by atoms with E-state index in [2.05, 4.69) is 10.6 Å². The van der Waals surface area contributed by atoms with E-state index in [0.29, 0.717) is 11.1 Å². The molecule has 1 aliphatic carbocycles. The monoisotopic (exact) mass is 359 g/mol. The van der Waals surface area contributed by atoms with Crippen molar-refractivity contribution in [3.05, 3.63) is 35.4 Å². The van der Waals surface area contributed by atoms with Gasteiger partial charge >= 0.3 is 12.0 Å². The SMILES string of the molecule is CC(CN(C(=O)c1ccc(C2(C)NC(=O)NC2=O)cc1)C1CC1)C(=O)O. The van der Waals surface area contributed by atoms with E-state index in [-0.39, 0.29) is 18.5 Å². The molecule has 0 spiro atoms. The van der Waals surface area contributed by atoms with Crippen molar-refractivity contribution in [2.75, 3.05) is 6.54 Å². The summed E-state index contributed by atoms with van der Waals surface area (Å²) in [6, 6.07) is 5.98. The summed E-state index contributed by atoms with van der Waals surface area (Å²) in [6.45, 7) is 3.34. The summed E-state index contributed by atoms with van der Waals surface area (Å²) in [5, 5.41) is 13.9. The van der Waals surface area contributed by atoms with Crippen LogP contribution < -0.4 is 10.6 Å². The molecule has 1 saturated heterocycles. The number of hydrogen-bond acceptors (Lipinski definition) is 4. The fourth-order valence-corrected chi connectivity index (χ4v) is 3.02. The number of carboxylic acid groups (broad SMARTS) is 1. The first-order chi connectivity index (χ1) is 12.2. The topological polar surface area (TPSA) is 116 Å². The first-order valence-corrected chi connectivity index (χ1v) is 8.50. The van der Waals surface area contributed by atoms with E-state index in [4.69, 9.17) is 5.11 Å². The molecule has 2 aliphatic rings. The lowest BCUT2D eigenvalue weighted by Crippen LogP contribution is -2.41. The van der Waals surface area contributed by atoms with Crippen LogP contribution in [-0.2, 0) is 15.1 Å².